The van der Waals surface area contributed by atoms with Crippen molar-refractivity contribution in [1.82, 2.24) is 10.0 Å². The van der Waals surface area contributed by atoms with Gasteiger partial charge in [0.05, 0.1) is 4.90 Å². The monoisotopic (exact) mass is 464 g/mol. The maximum absolute atomic E-state index is 12.5. The van der Waals surface area contributed by atoms with E-state index in [1.54, 1.807) is 24.3 Å². The molecule has 0 saturated heterocycles. The molecule has 3 aromatic carbocycles. The summed E-state index contributed by atoms with van der Waals surface area (Å²) in [5.74, 6) is 0.00911. The smallest absolute Gasteiger partial charge is 0.240 e. The molecular formula is C27H32N2O3S. The van der Waals surface area contributed by atoms with Crippen molar-refractivity contribution in [2.45, 2.75) is 50.0 Å². The molecule has 0 spiro atoms. The molecule has 0 aliphatic carbocycles. The number of benzene rings is 3. The number of sulfonamides is 1. The number of rotatable bonds is 12. The summed E-state index contributed by atoms with van der Waals surface area (Å²) < 4.78 is 27.7. The van der Waals surface area contributed by atoms with Crippen LogP contribution >= 0.6 is 0 Å². The molecular weight excluding hydrogens is 432 g/mol. The van der Waals surface area contributed by atoms with Crippen molar-refractivity contribution >= 4 is 15.9 Å². The third-order valence-electron chi connectivity index (χ3n) is 5.54. The maximum Gasteiger partial charge on any atom is 0.240 e. The van der Waals surface area contributed by atoms with Crippen molar-refractivity contribution in [3.8, 4) is 0 Å². The Balaban J connectivity index is 1.40. The van der Waals surface area contributed by atoms with Crippen LogP contribution in [0.3, 0.4) is 0 Å². The Morgan fingerprint density at radius 1 is 0.758 bits per heavy atom. The lowest BCUT2D eigenvalue weighted by Crippen LogP contribution is -2.33. The summed E-state index contributed by atoms with van der Waals surface area (Å²) >= 11 is 0. The lowest BCUT2D eigenvalue weighted by Gasteiger charge is -2.14. The van der Waals surface area contributed by atoms with Gasteiger partial charge in [-0.2, -0.15) is 0 Å². The topological polar surface area (TPSA) is 75.3 Å². The van der Waals surface area contributed by atoms with Crippen LogP contribution in [0.15, 0.2) is 89.8 Å². The number of carbonyl (C=O) groups is 1. The zero-order chi connectivity index (χ0) is 23.5. The molecule has 3 rings (SSSR count). The Morgan fingerprint density at radius 2 is 1.30 bits per heavy atom. The third-order valence-corrected chi connectivity index (χ3v) is 7.02. The molecule has 2 N–H and O–H groups in total. The first kappa shape index (κ1) is 24.7. The van der Waals surface area contributed by atoms with Crippen molar-refractivity contribution in [2.24, 2.45) is 0 Å². The molecule has 0 heterocycles. The Bertz CT molecular complexity index is 1100. The van der Waals surface area contributed by atoms with E-state index >= 15 is 0 Å². The summed E-state index contributed by atoms with van der Waals surface area (Å²) in [6, 6.07) is 26.9. The second-order valence-corrected chi connectivity index (χ2v) is 10.0. The Morgan fingerprint density at radius 3 is 1.91 bits per heavy atom. The minimum atomic E-state index is -3.55. The van der Waals surface area contributed by atoms with Crippen molar-refractivity contribution < 1.29 is 13.2 Å². The highest BCUT2D eigenvalue weighted by atomic mass is 32.2. The van der Waals surface area contributed by atoms with Crippen LogP contribution in [0, 0.1) is 0 Å². The van der Waals surface area contributed by atoms with Gasteiger partial charge in [0.2, 0.25) is 15.9 Å². The number of aryl methyl sites for hydroxylation is 2. The lowest BCUT2D eigenvalue weighted by atomic mass is 10.1. The molecule has 0 radical (unpaired) electrons. The summed E-state index contributed by atoms with van der Waals surface area (Å²) in [6.45, 7) is 2.36. The summed E-state index contributed by atoms with van der Waals surface area (Å²) in [4.78, 5) is 12.5. The van der Waals surface area contributed by atoms with Gasteiger partial charge in [0.1, 0.15) is 0 Å². The van der Waals surface area contributed by atoms with Gasteiger partial charge in [0.25, 0.3) is 0 Å². The fourth-order valence-electron chi connectivity index (χ4n) is 3.60. The van der Waals surface area contributed by atoms with Gasteiger partial charge < -0.3 is 5.32 Å². The van der Waals surface area contributed by atoms with Crippen LogP contribution in [0.2, 0.25) is 0 Å². The number of carbonyl (C=O) groups excluding carboxylic acids is 1. The van der Waals surface area contributed by atoms with Crippen LogP contribution in [0.5, 0.6) is 0 Å². The summed E-state index contributed by atoms with van der Waals surface area (Å²) in [7, 11) is -3.55. The normalized spacial score (nSPS) is 12.3. The molecule has 0 bridgehead atoms. The molecule has 0 aliphatic heterocycles. The van der Waals surface area contributed by atoms with Crippen molar-refractivity contribution in [3.05, 3.63) is 102 Å². The molecule has 0 unspecified atom stereocenters. The molecule has 3 aromatic rings. The average Bonchev–Trinajstić information content (AvgIpc) is 2.83. The van der Waals surface area contributed by atoms with Crippen LogP contribution < -0.4 is 10.0 Å². The Labute approximate surface area is 197 Å². The number of hydrogen-bond donors (Lipinski definition) is 2. The highest BCUT2D eigenvalue weighted by Gasteiger charge is 2.14. The Kier molecular flexibility index (Phi) is 9.22. The van der Waals surface area contributed by atoms with E-state index in [1.165, 1.54) is 5.56 Å². The van der Waals surface area contributed by atoms with E-state index in [1.807, 2.05) is 55.5 Å². The van der Waals surface area contributed by atoms with E-state index in [0.717, 1.165) is 24.0 Å². The van der Waals surface area contributed by atoms with Gasteiger partial charge in [0, 0.05) is 19.0 Å². The highest BCUT2D eigenvalue weighted by Crippen LogP contribution is 2.12. The van der Waals surface area contributed by atoms with Gasteiger partial charge in [-0.3, -0.25) is 4.79 Å². The number of amides is 1. The number of hydrogen-bond acceptors (Lipinski definition) is 3. The molecule has 0 aromatic heterocycles. The minimum Gasteiger partial charge on any atom is -0.354 e. The summed E-state index contributed by atoms with van der Waals surface area (Å²) in [6.07, 6.45) is 3.39. The average molecular weight is 465 g/mol. The van der Waals surface area contributed by atoms with Crippen LogP contribution in [0.1, 0.15) is 36.5 Å². The van der Waals surface area contributed by atoms with Gasteiger partial charge in [-0.15, -0.1) is 0 Å². The minimum absolute atomic E-state index is 0.00911. The van der Waals surface area contributed by atoms with Gasteiger partial charge in [0.15, 0.2) is 0 Å². The third kappa shape index (κ3) is 8.48. The zero-order valence-electron chi connectivity index (χ0n) is 19.0. The summed E-state index contributed by atoms with van der Waals surface area (Å²) in [5, 5.41) is 3.05. The fraction of sp³-hybridized carbons (Fsp3) is 0.296. The highest BCUT2D eigenvalue weighted by molar-refractivity contribution is 7.89. The molecule has 1 atom stereocenters. The van der Waals surface area contributed by atoms with E-state index < -0.39 is 10.0 Å². The standard InChI is InChI=1S/C27H32N2O3S/c1-22(12-13-23-8-4-2-5-9-23)29-27(30)19-16-25-14-17-26(18-15-25)33(31,32)28-21-20-24-10-6-3-7-11-24/h2-11,14-15,17-18,22,28H,12-13,16,19-21H2,1H3,(H,29,30)/t22-/m0/s1. The van der Waals surface area contributed by atoms with E-state index in [9.17, 15) is 13.2 Å². The predicted octanol–water partition coefficient (Wildman–Crippen LogP) is 4.28. The second-order valence-electron chi connectivity index (χ2n) is 8.27. The quantitative estimate of drug-likeness (QED) is 0.420. The molecule has 5 nitrogen and oxygen atoms in total. The van der Waals surface area contributed by atoms with Crippen LogP contribution in [0.4, 0.5) is 0 Å². The first-order valence-electron chi connectivity index (χ1n) is 11.4. The maximum atomic E-state index is 12.5. The van der Waals surface area contributed by atoms with E-state index in [4.69, 9.17) is 0 Å². The van der Waals surface area contributed by atoms with E-state index in [2.05, 4.69) is 22.2 Å². The predicted molar refractivity (Wildman–Crippen MR) is 132 cm³/mol. The largest absolute Gasteiger partial charge is 0.354 e. The zero-order valence-corrected chi connectivity index (χ0v) is 19.9. The van der Waals surface area contributed by atoms with Crippen molar-refractivity contribution in [2.75, 3.05) is 6.54 Å². The molecule has 1 amide bonds. The van der Waals surface area contributed by atoms with Crippen LogP contribution in [0.25, 0.3) is 0 Å². The van der Waals surface area contributed by atoms with E-state index in [-0.39, 0.29) is 16.8 Å². The first-order valence-corrected chi connectivity index (χ1v) is 12.9. The van der Waals surface area contributed by atoms with Gasteiger partial charge in [-0.1, -0.05) is 72.8 Å². The Hall–Kier alpha value is -2.96. The first-order chi connectivity index (χ1) is 15.9. The van der Waals surface area contributed by atoms with Crippen molar-refractivity contribution in [3.63, 3.8) is 0 Å². The molecule has 0 fully saturated rings. The van der Waals surface area contributed by atoms with Gasteiger partial charge in [-0.25, -0.2) is 13.1 Å². The number of nitrogens with one attached hydrogen (secondary N) is 2. The SMILES string of the molecule is C[C@@H](CCc1ccccc1)NC(=O)CCc1ccc(S(=O)(=O)NCCc2ccccc2)cc1. The molecule has 0 saturated carbocycles. The lowest BCUT2D eigenvalue weighted by molar-refractivity contribution is -0.121. The fourth-order valence-corrected chi connectivity index (χ4v) is 4.63. The van der Waals surface area contributed by atoms with Gasteiger partial charge >= 0.3 is 0 Å². The summed E-state index contributed by atoms with van der Waals surface area (Å²) in [5.41, 5.74) is 3.29. The van der Waals surface area contributed by atoms with E-state index in [0.29, 0.717) is 25.8 Å². The molecule has 33 heavy (non-hydrogen) atoms. The molecule has 0 aliphatic rings. The van der Waals surface area contributed by atoms with Crippen molar-refractivity contribution in [1.29, 1.82) is 0 Å². The van der Waals surface area contributed by atoms with Gasteiger partial charge in [-0.05, 0) is 61.4 Å². The second kappa shape index (κ2) is 12.3. The molecule has 174 valence electrons. The van der Waals surface area contributed by atoms with Crippen LogP contribution in [-0.4, -0.2) is 26.9 Å². The van der Waals surface area contributed by atoms with Crippen LogP contribution in [-0.2, 0) is 34.1 Å². The molecule has 6 heteroatoms.